The van der Waals surface area contributed by atoms with Crippen LogP contribution in [0.15, 0.2) is 42.7 Å². The number of nitrogens with zero attached hydrogens (tertiary/aromatic N) is 3. The van der Waals surface area contributed by atoms with Crippen LogP contribution in [0.5, 0.6) is 0 Å². The van der Waals surface area contributed by atoms with Gasteiger partial charge in [0.15, 0.2) is 0 Å². The van der Waals surface area contributed by atoms with Gasteiger partial charge in [-0.2, -0.15) is 5.10 Å². The Morgan fingerprint density at radius 1 is 1.37 bits per heavy atom. The minimum Gasteiger partial charge on any atom is -0.481 e. The molecule has 0 saturated carbocycles. The number of piperidine rings is 1. The van der Waals surface area contributed by atoms with Gasteiger partial charge in [0, 0.05) is 32.0 Å². The van der Waals surface area contributed by atoms with E-state index in [9.17, 15) is 15.0 Å². The number of rotatable bonds is 7. The van der Waals surface area contributed by atoms with Crippen molar-refractivity contribution in [3.63, 3.8) is 0 Å². The van der Waals surface area contributed by atoms with E-state index in [0.717, 1.165) is 17.7 Å². The molecule has 1 aromatic carbocycles. The topological polar surface area (TPSA) is 78.6 Å². The smallest absolute Gasteiger partial charge is 0.313 e. The van der Waals surface area contributed by atoms with E-state index in [2.05, 4.69) is 36.0 Å². The Balaban J connectivity index is 1.75. The SMILES string of the molecule is CC(C)CC[C@@]1(C(=O)O)CN(Cc2cccc(-n3cccn3)c2)CC[C@@H]1O. The zero-order chi connectivity index (χ0) is 19.4. The van der Waals surface area contributed by atoms with Crippen molar-refractivity contribution in [2.24, 2.45) is 11.3 Å². The van der Waals surface area contributed by atoms with Gasteiger partial charge in [0.05, 0.1) is 11.8 Å². The van der Waals surface area contributed by atoms with Crippen molar-refractivity contribution in [2.75, 3.05) is 13.1 Å². The molecule has 0 spiro atoms. The van der Waals surface area contributed by atoms with E-state index in [4.69, 9.17) is 0 Å². The molecule has 2 N–H and O–H groups in total. The Morgan fingerprint density at radius 3 is 2.85 bits per heavy atom. The minimum atomic E-state index is -1.08. The molecule has 3 rings (SSSR count). The third kappa shape index (κ3) is 4.39. The van der Waals surface area contributed by atoms with E-state index in [0.29, 0.717) is 38.4 Å². The Morgan fingerprint density at radius 2 is 2.19 bits per heavy atom. The molecule has 2 aromatic rings. The lowest BCUT2D eigenvalue weighted by Gasteiger charge is -2.43. The first-order chi connectivity index (χ1) is 12.9. The fraction of sp³-hybridized carbons (Fsp3) is 0.524. The van der Waals surface area contributed by atoms with Crippen LogP contribution in [-0.2, 0) is 11.3 Å². The molecule has 27 heavy (non-hydrogen) atoms. The van der Waals surface area contributed by atoms with E-state index < -0.39 is 17.5 Å². The van der Waals surface area contributed by atoms with E-state index in [1.54, 1.807) is 6.20 Å². The molecule has 6 heteroatoms. The third-order valence-corrected chi connectivity index (χ3v) is 5.54. The maximum absolute atomic E-state index is 12.1. The molecule has 1 aromatic heterocycles. The predicted molar refractivity (Wildman–Crippen MR) is 104 cm³/mol. The molecule has 1 fully saturated rings. The molecule has 146 valence electrons. The van der Waals surface area contributed by atoms with Gasteiger partial charge in [-0.15, -0.1) is 0 Å². The summed E-state index contributed by atoms with van der Waals surface area (Å²) in [6, 6.07) is 10.0. The number of aliphatic hydroxyl groups excluding tert-OH is 1. The Labute approximate surface area is 160 Å². The van der Waals surface area contributed by atoms with Crippen LogP contribution in [0, 0.1) is 11.3 Å². The first-order valence-corrected chi connectivity index (χ1v) is 9.63. The van der Waals surface area contributed by atoms with Crippen LogP contribution >= 0.6 is 0 Å². The van der Waals surface area contributed by atoms with Crippen molar-refractivity contribution < 1.29 is 15.0 Å². The summed E-state index contributed by atoms with van der Waals surface area (Å²) in [7, 11) is 0. The second-order valence-electron chi connectivity index (χ2n) is 8.03. The highest BCUT2D eigenvalue weighted by Crippen LogP contribution is 2.37. The second-order valence-corrected chi connectivity index (χ2v) is 8.03. The Hall–Kier alpha value is -2.18. The highest BCUT2D eigenvalue weighted by Gasteiger charge is 2.48. The van der Waals surface area contributed by atoms with Crippen LogP contribution in [-0.4, -0.2) is 50.1 Å². The molecule has 1 saturated heterocycles. The van der Waals surface area contributed by atoms with Crippen LogP contribution in [0.4, 0.5) is 0 Å². The number of carboxylic acids is 1. The third-order valence-electron chi connectivity index (χ3n) is 5.54. The van der Waals surface area contributed by atoms with Crippen molar-refractivity contribution in [1.29, 1.82) is 0 Å². The van der Waals surface area contributed by atoms with Gasteiger partial charge >= 0.3 is 5.97 Å². The maximum Gasteiger partial charge on any atom is 0.313 e. The fourth-order valence-corrected chi connectivity index (χ4v) is 3.89. The van der Waals surface area contributed by atoms with E-state index in [-0.39, 0.29) is 0 Å². The summed E-state index contributed by atoms with van der Waals surface area (Å²) < 4.78 is 1.81. The van der Waals surface area contributed by atoms with Gasteiger partial charge in [0.2, 0.25) is 0 Å². The van der Waals surface area contributed by atoms with Crippen molar-refractivity contribution in [1.82, 2.24) is 14.7 Å². The first kappa shape index (κ1) is 19.6. The lowest BCUT2D eigenvalue weighted by Crippen LogP contribution is -2.55. The van der Waals surface area contributed by atoms with Gasteiger partial charge in [0.25, 0.3) is 0 Å². The summed E-state index contributed by atoms with van der Waals surface area (Å²) in [6.45, 7) is 5.91. The zero-order valence-corrected chi connectivity index (χ0v) is 16.1. The first-order valence-electron chi connectivity index (χ1n) is 9.63. The molecule has 0 radical (unpaired) electrons. The fourth-order valence-electron chi connectivity index (χ4n) is 3.89. The summed E-state index contributed by atoms with van der Waals surface area (Å²) in [5, 5.41) is 24.7. The van der Waals surface area contributed by atoms with Crippen LogP contribution in [0.3, 0.4) is 0 Å². The van der Waals surface area contributed by atoms with Gasteiger partial charge in [0.1, 0.15) is 5.41 Å². The predicted octanol–water partition coefficient (Wildman–Crippen LogP) is 2.95. The number of hydrogen-bond donors (Lipinski definition) is 2. The number of carboxylic acid groups (broad SMARTS) is 1. The largest absolute Gasteiger partial charge is 0.481 e. The van der Waals surface area contributed by atoms with Gasteiger partial charge < -0.3 is 10.2 Å². The van der Waals surface area contributed by atoms with Crippen LogP contribution in [0.1, 0.15) is 38.7 Å². The number of hydrogen-bond acceptors (Lipinski definition) is 4. The van der Waals surface area contributed by atoms with Crippen LogP contribution < -0.4 is 0 Å². The van der Waals surface area contributed by atoms with Gasteiger partial charge in [-0.05, 0) is 48.9 Å². The van der Waals surface area contributed by atoms with Crippen molar-refractivity contribution in [3.05, 3.63) is 48.3 Å². The Bertz CT molecular complexity index is 760. The number of aliphatic carboxylic acids is 1. The lowest BCUT2D eigenvalue weighted by molar-refractivity contribution is -0.165. The quantitative estimate of drug-likeness (QED) is 0.782. The standard InChI is InChI=1S/C21H29N3O3/c1-16(2)7-9-21(20(26)27)15-23(12-8-19(21)25)14-17-5-3-6-18(13-17)24-11-4-10-22-24/h3-6,10-11,13,16,19,25H,7-9,12,14-15H2,1-2H3,(H,26,27)/t19-,21+/m0/s1. The number of aromatic nitrogens is 2. The van der Waals surface area contributed by atoms with Crippen LogP contribution in [0.2, 0.25) is 0 Å². The Kier molecular flexibility index (Phi) is 5.97. The van der Waals surface area contributed by atoms with Gasteiger partial charge in [-0.1, -0.05) is 26.0 Å². The lowest BCUT2D eigenvalue weighted by atomic mass is 9.72. The molecule has 0 bridgehead atoms. The number of carbonyl (C=O) groups is 1. The van der Waals surface area contributed by atoms with Crippen LogP contribution in [0.25, 0.3) is 5.69 Å². The molecule has 1 aliphatic heterocycles. The molecular formula is C21H29N3O3. The highest BCUT2D eigenvalue weighted by atomic mass is 16.4. The van der Waals surface area contributed by atoms with E-state index in [1.807, 2.05) is 29.1 Å². The molecule has 0 amide bonds. The molecule has 2 atom stereocenters. The number of aliphatic hydroxyl groups is 1. The molecule has 2 heterocycles. The summed E-state index contributed by atoms with van der Waals surface area (Å²) in [4.78, 5) is 14.3. The molecule has 6 nitrogen and oxygen atoms in total. The number of benzene rings is 1. The number of likely N-dealkylation sites (tertiary alicyclic amines) is 1. The van der Waals surface area contributed by atoms with Crippen molar-refractivity contribution in [3.8, 4) is 5.69 Å². The zero-order valence-electron chi connectivity index (χ0n) is 16.1. The summed E-state index contributed by atoms with van der Waals surface area (Å²) in [6.07, 6.45) is 4.65. The second kappa shape index (κ2) is 8.23. The van der Waals surface area contributed by atoms with E-state index in [1.165, 1.54) is 0 Å². The molecular weight excluding hydrogens is 342 g/mol. The molecule has 1 aliphatic rings. The van der Waals surface area contributed by atoms with Crippen molar-refractivity contribution in [2.45, 2.75) is 45.8 Å². The molecule has 0 aliphatic carbocycles. The average Bonchev–Trinajstić information content (AvgIpc) is 3.17. The monoisotopic (exact) mass is 371 g/mol. The molecule has 0 unspecified atom stereocenters. The van der Waals surface area contributed by atoms with Crippen molar-refractivity contribution >= 4 is 5.97 Å². The van der Waals surface area contributed by atoms with Gasteiger partial charge in [-0.3, -0.25) is 9.69 Å². The minimum absolute atomic E-state index is 0.377. The summed E-state index contributed by atoms with van der Waals surface area (Å²) in [5.74, 6) is -0.472. The van der Waals surface area contributed by atoms with Gasteiger partial charge in [-0.25, -0.2) is 4.68 Å². The normalized spacial score (nSPS) is 23.6. The van der Waals surface area contributed by atoms with E-state index >= 15 is 0 Å². The average molecular weight is 371 g/mol. The summed E-state index contributed by atoms with van der Waals surface area (Å²) >= 11 is 0. The maximum atomic E-state index is 12.1. The highest BCUT2D eigenvalue weighted by molar-refractivity contribution is 5.76. The summed E-state index contributed by atoms with van der Waals surface area (Å²) in [5.41, 5.74) is 1.02.